The quantitative estimate of drug-likeness (QED) is 0.413. The molecule has 0 unspecified atom stereocenters. The molecular formula is C8H7ClO3. The van der Waals surface area contributed by atoms with Gasteiger partial charge in [0.15, 0.2) is 11.5 Å². The summed E-state index contributed by atoms with van der Waals surface area (Å²) in [5, 5.41) is 0. The Hall–Kier alpha value is -1.06. The summed E-state index contributed by atoms with van der Waals surface area (Å²) in [6, 6.07) is 6.46. The van der Waals surface area contributed by atoms with Crippen LogP contribution in [0, 0.1) is 0 Å². The predicted molar refractivity (Wildman–Crippen MR) is 44.0 cm³/mol. The summed E-state index contributed by atoms with van der Waals surface area (Å²) in [4.78, 5) is 15.3. The van der Waals surface area contributed by atoms with E-state index in [0.717, 1.165) is 0 Å². The number of benzene rings is 1. The van der Waals surface area contributed by atoms with Crippen molar-refractivity contribution in [1.29, 1.82) is 0 Å². The molecule has 0 aromatic heterocycles. The molecule has 12 heavy (non-hydrogen) atoms. The van der Waals surface area contributed by atoms with Crippen molar-refractivity contribution in [1.82, 2.24) is 0 Å². The molecule has 0 aliphatic heterocycles. The van der Waals surface area contributed by atoms with Crippen molar-refractivity contribution >= 4 is 17.6 Å². The number of hydrogen-bond acceptors (Lipinski definition) is 3. The molecule has 0 atom stereocenters. The van der Waals surface area contributed by atoms with Crippen molar-refractivity contribution in [3.8, 4) is 5.75 Å². The first kappa shape index (κ1) is 9.03. The van der Waals surface area contributed by atoms with Crippen molar-refractivity contribution < 1.29 is 14.1 Å². The fourth-order valence-electron chi connectivity index (χ4n) is 0.782. The van der Waals surface area contributed by atoms with Crippen LogP contribution in [0.3, 0.4) is 0 Å². The van der Waals surface area contributed by atoms with E-state index in [2.05, 4.69) is 9.33 Å². The Balaban J connectivity index is 2.78. The van der Waals surface area contributed by atoms with Crippen LogP contribution in [0.2, 0.25) is 0 Å². The number of carbonyl (C=O) groups excluding carboxylic acids is 1. The summed E-state index contributed by atoms with van der Waals surface area (Å²) in [7, 11) is 0. The lowest BCUT2D eigenvalue weighted by Gasteiger charge is -1.98. The lowest BCUT2D eigenvalue weighted by molar-refractivity contribution is -0.0918. The summed E-state index contributed by atoms with van der Waals surface area (Å²) in [6.45, 7) is 1.49. The highest BCUT2D eigenvalue weighted by atomic mass is 35.5. The molecule has 1 rings (SSSR count). The van der Waals surface area contributed by atoms with Crippen molar-refractivity contribution in [2.45, 2.75) is 6.92 Å². The smallest absolute Gasteiger partial charge is 0.167 e. The Bertz CT molecular complexity index is 268. The molecular weight excluding hydrogens is 180 g/mol. The Morgan fingerprint density at radius 3 is 2.33 bits per heavy atom. The second kappa shape index (κ2) is 4.09. The van der Waals surface area contributed by atoms with Crippen LogP contribution in [0.25, 0.3) is 0 Å². The molecule has 0 saturated carbocycles. The molecule has 0 heterocycles. The third-order valence-electron chi connectivity index (χ3n) is 1.39. The van der Waals surface area contributed by atoms with Crippen molar-refractivity contribution in [3.63, 3.8) is 0 Å². The van der Waals surface area contributed by atoms with E-state index in [4.69, 9.17) is 11.9 Å². The van der Waals surface area contributed by atoms with E-state index in [1.807, 2.05) is 0 Å². The SMILES string of the molecule is CC(=O)c1ccc(OOCl)cc1. The lowest BCUT2D eigenvalue weighted by atomic mass is 10.1. The molecule has 64 valence electrons. The van der Waals surface area contributed by atoms with Gasteiger partial charge in [-0.1, -0.05) is 4.44 Å². The van der Waals surface area contributed by atoms with Gasteiger partial charge in [-0.15, -0.1) is 0 Å². The number of halogens is 1. The summed E-state index contributed by atoms with van der Waals surface area (Å²) in [6.07, 6.45) is 0. The van der Waals surface area contributed by atoms with Crippen molar-refractivity contribution in [3.05, 3.63) is 29.8 Å². The molecule has 4 heteroatoms. The average Bonchev–Trinajstić information content (AvgIpc) is 2.06. The number of Topliss-reactive ketones (excluding diaryl/α,β-unsaturated/α-hetero) is 1. The van der Waals surface area contributed by atoms with Gasteiger partial charge in [0.1, 0.15) is 11.9 Å². The first-order chi connectivity index (χ1) is 5.74. The summed E-state index contributed by atoms with van der Waals surface area (Å²) in [5.74, 6) is 0.461. The van der Waals surface area contributed by atoms with Crippen LogP contribution in [0.1, 0.15) is 17.3 Å². The zero-order valence-corrected chi connectivity index (χ0v) is 7.17. The molecule has 0 spiro atoms. The Morgan fingerprint density at radius 1 is 1.33 bits per heavy atom. The van der Waals surface area contributed by atoms with Gasteiger partial charge in [0, 0.05) is 5.56 Å². The third-order valence-corrected chi connectivity index (χ3v) is 1.45. The minimum Gasteiger partial charge on any atom is -0.320 e. The van der Waals surface area contributed by atoms with Crippen LogP contribution in [0.4, 0.5) is 0 Å². The zero-order chi connectivity index (χ0) is 8.97. The molecule has 0 aliphatic carbocycles. The van der Waals surface area contributed by atoms with Gasteiger partial charge in [0.05, 0.1) is 0 Å². The molecule has 0 fully saturated rings. The van der Waals surface area contributed by atoms with E-state index in [1.165, 1.54) is 6.92 Å². The van der Waals surface area contributed by atoms with Gasteiger partial charge in [0.25, 0.3) is 0 Å². The highest BCUT2D eigenvalue weighted by Gasteiger charge is 1.99. The normalized spacial score (nSPS) is 9.50. The molecule has 0 N–H and O–H groups in total. The van der Waals surface area contributed by atoms with E-state index < -0.39 is 0 Å². The molecule has 3 nitrogen and oxygen atoms in total. The van der Waals surface area contributed by atoms with Gasteiger partial charge in [-0.2, -0.15) is 0 Å². The minimum absolute atomic E-state index is 0.00772. The van der Waals surface area contributed by atoms with Gasteiger partial charge in [-0.05, 0) is 31.2 Å². The first-order valence-electron chi connectivity index (χ1n) is 3.30. The molecule has 0 amide bonds. The summed E-state index contributed by atoms with van der Waals surface area (Å²) in [5.41, 5.74) is 0.622. The predicted octanol–water partition coefficient (Wildman–Crippen LogP) is 2.35. The highest BCUT2D eigenvalue weighted by Crippen LogP contribution is 2.12. The second-order valence-electron chi connectivity index (χ2n) is 2.23. The lowest BCUT2D eigenvalue weighted by Crippen LogP contribution is -1.92. The largest absolute Gasteiger partial charge is 0.320 e. The monoisotopic (exact) mass is 186 g/mol. The van der Waals surface area contributed by atoms with Gasteiger partial charge in [-0.3, -0.25) is 4.79 Å². The topological polar surface area (TPSA) is 35.5 Å². The van der Waals surface area contributed by atoms with Crippen LogP contribution in [-0.4, -0.2) is 5.78 Å². The summed E-state index contributed by atoms with van der Waals surface area (Å²) >= 11 is 4.85. The maximum atomic E-state index is 10.8. The molecule has 0 radical (unpaired) electrons. The van der Waals surface area contributed by atoms with E-state index in [-0.39, 0.29) is 5.78 Å². The van der Waals surface area contributed by atoms with Gasteiger partial charge >= 0.3 is 0 Å². The zero-order valence-electron chi connectivity index (χ0n) is 6.41. The van der Waals surface area contributed by atoms with Crippen molar-refractivity contribution in [2.24, 2.45) is 0 Å². The third kappa shape index (κ3) is 2.22. The number of rotatable bonds is 3. The van der Waals surface area contributed by atoms with Crippen LogP contribution in [0.5, 0.6) is 5.75 Å². The van der Waals surface area contributed by atoms with E-state index in [1.54, 1.807) is 24.3 Å². The summed E-state index contributed by atoms with van der Waals surface area (Å²) < 4.78 is 3.92. The van der Waals surface area contributed by atoms with E-state index in [0.29, 0.717) is 11.3 Å². The van der Waals surface area contributed by atoms with E-state index in [9.17, 15) is 4.79 Å². The molecule has 1 aromatic rings. The maximum absolute atomic E-state index is 10.8. The average molecular weight is 187 g/mol. The fraction of sp³-hybridized carbons (Fsp3) is 0.125. The first-order valence-corrected chi connectivity index (χ1v) is 3.61. The van der Waals surface area contributed by atoms with Crippen LogP contribution in [-0.2, 0) is 4.44 Å². The molecule has 0 aliphatic rings. The van der Waals surface area contributed by atoms with Crippen LogP contribution in [0.15, 0.2) is 24.3 Å². The van der Waals surface area contributed by atoms with Gasteiger partial charge in [0.2, 0.25) is 0 Å². The standard InChI is InChI=1S/C8H7ClO3/c1-6(10)7-2-4-8(5-3-7)11-12-9/h2-5H,1H3. The van der Waals surface area contributed by atoms with Crippen LogP contribution >= 0.6 is 11.9 Å². The number of hydrogen-bond donors (Lipinski definition) is 0. The second-order valence-corrected chi connectivity index (χ2v) is 2.35. The Labute approximate surface area is 75.0 Å². The van der Waals surface area contributed by atoms with Gasteiger partial charge in [-0.25, -0.2) is 0 Å². The number of ketones is 1. The van der Waals surface area contributed by atoms with Gasteiger partial charge < -0.3 is 4.89 Å². The minimum atomic E-state index is 0.00772. The van der Waals surface area contributed by atoms with Crippen molar-refractivity contribution in [2.75, 3.05) is 0 Å². The number of carbonyl (C=O) groups is 1. The molecule has 0 saturated heterocycles. The Morgan fingerprint density at radius 2 is 1.92 bits per heavy atom. The van der Waals surface area contributed by atoms with Crippen LogP contribution < -0.4 is 4.89 Å². The molecule has 1 aromatic carbocycles. The maximum Gasteiger partial charge on any atom is 0.167 e. The fourth-order valence-corrected chi connectivity index (χ4v) is 0.854. The molecule has 0 bridgehead atoms. The Kier molecular flexibility index (Phi) is 3.08. The highest BCUT2D eigenvalue weighted by molar-refractivity contribution is 6.06. The van der Waals surface area contributed by atoms with E-state index >= 15 is 0 Å².